The van der Waals surface area contributed by atoms with E-state index in [9.17, 15) is 4.79 Å². The maximum Gasteiger partial charge on any atom is 0.329 e. The Morgan fingerprint density at radius 1 is 0.543 bits per heavy atom. The van der Waals surface area contributed by atoms with Gasteiger partial charge in [-0.25, -0.2) is 4.79 Å². The minimum atomic E-state index is -0.990. The van der Waals surface area contributed by atoms with Gasteiger partial charge in [0.1, 0.15) is 6.61 Å². The van der Waals surface area contributed by atoms with Crippen molar-refractivity contribution in [2.24, 2.45) is 0 Å². The smallest absolute Gasteiger partial charge is 0.329 e. The zero-order valence-corrected chi connectivity index (χ0v) is 21.0. The average Bonchev–Trinajstić information content (AvgIpc) is 2.86. The highest BCUT2D eigenvalue weighted by molar-refractivity contribution is 5.67. The Morgan fingerprint density at radius 2 is 0.857 bits per heavy atom. The Labute approximate surface area is 208 Å². The van der Waals surface area contributed by atoms with Gasteiger partial charge in [0.15, 0.2) is 0 Å². The summed E-state index contributed by atoms with van der Waals surface area (Å²) in [5, 5.41) is 11.7. The van der Waals surface area contributed by atoms with E-state index in [1.807, 2.05) is 0 Å². The Morgan fingerprint density at radius 3 is 1.20 bits per heavy atom. The summed E-state index contributed by atoms with van der Waals surface area (Å²) < 4.78 is 48.4. The number of hydrogen-bond acceptors (Lipinski definition) is 11. The van der Waals surface area contributed by atoms with Crippen LogP contribution in [-0.2, 0) is 47.4 Å². The molecule has 0 aliphatic carbocycles. The number of ether oxygens (including phenoxy) is 9. The fraction of sp³-hybridized carbons (Fsp3) is 0.957. The molecule has 1 heterocycles. The van der Waals surface area contributed by atoms with Gasteiger partial charge in [0.05, 0.1) is 112 Å². The van der Waals surface area contributed by atoms with Gasteiger partial charge < -0.3 is 53.1 Å². The fourth-order valence-electron chi connectivity index (χ4n) is 2.93. The quantitative estimate of drug-likeness (QED) is 0.144. The molecular weight excluding hydrogens is 466 g/mol. The van der Waals surface area contributed by atoms with Gasteiger partial charge in [-0.05, 0) is 25.9 Å². The third-order valence-corrected chi connectivity index (χ3v) is 4.70. The van der Waals surface area contributed by atoms with Gasteiger partial charge in [0.25, 0.3) is 0 Å². The lowest BCUT2D eigenvalue weighted by Crippen LogP contribution is -2.33. The van der Waals surface area contributed by atoms with Gasteiger partial charge in [-0.2, -0.15) is 0 Å². The van der Waals surface area contributed by atoms with E-state index in [0.717, 1.165) is 25.9 Å². The molecular formula is C23H45NO11. The number of carboxylic acids is 1. The van der Waals surface area contributed by atoms with Crippen LogP contribution in [0.2, 0.25) is 0 Å². The molecule has 0 atom stereocenters. The Balaban J connectivity index is 1.62. The van der Waals surface area contributed by atoms with Crippen LogP contribution < -0.4 is 5.32 Å². The van der Waals surface area contributed by atoms with Crippen molar-refractivity contribution in [2.45, 2.75) is 18.9 Å². The van der Waals surface area contributed by atoms with Gasteiger partial charge in [-0.1, -0.05) is 0 Å². The molecule has 0 saturated carbocycles. The third-order valence-electron chi connectivity index (χ3n) is 4.70. The first-order valence-corrected chi connectivity index (χ1v) is 12.4. The van der Waals surface area contributed by atoms with Gasteiger partial charge >= 0.3 is 5.97 Å². The fourth-order valence-corrected chi connectivity index (χ4v) is 2.93. The van der Waals surface area contributed by atoms with Crippen molar-refractivity contribution < 1.29 is 52.5 Å². The summed E-state index contributed by atoms with van der Waals surface area (Å²) >= 11 is 0. The SMILES string of the molecule is O=C(O)COCCOCCOCCOCCOCCOCCOCCOCCOC1CCNCC1. The first-order chi connectivity index (χ1) is 17.3. The van der Waals surface area contributed by atoms with Crippen LogP contribution in [0.15, 0.2) is 0 Å². The Hall–Kier alpha value is -0.930. The van der Waals surface area contributed by atoms with E-state index in [2.05, 4.69) is 5.32 Å². The maximum atomic E-state index is 10.2. The molecule has 1 fully saturated rings. The molecule has 1 aliphatic heterocycles. The summed E-state index contributed by atoms with van der Waals surface area (Å²) in [6.07, 6.45) is 2.52. The molecule has 0 bridgehead atoms. The normalized spacial score (nSPS) is 14.5. The number of aliphatic carboxylic acids is 1. The molecule has 35 heavy (non-hydrogen) atoms. The second-order valence-corrected chi connectivity index (χ2v) is 7.55. The molecule has 0 aromatic rings. The summed E-state index contributed by atoms with van der Waals surface area (Å²) in [6, 6.07) is 0. The summed E-state index contributed by atoms with van der Waals surface area (Å²) in [6.45, 7) is 9.58. The van der Waals surface area contributed by atoms with Crippen molar-refractivity contribution in [2.75, 3.05) is 125 Å². The van der Waals surface area contributed by atoms with E-state index >= 15 is 0 Å². The van der Waals surface area contributed by atoms with Crippen molar-refractivity contribution in [3.8, 4) is 0 Å². The monoisotopic (exact) mass is 511 g/mol. The highest BCUT2D eigenvalue weighted by Gasteiger charge is 2.12. The molecule has 208 valence electrons. The summed E-state index contributed by atoms with van der Waals surface area (Å²) in [5.41, 5.74) is 0. The van der Waals surface area contributed by atoms with Gasteiger partial charge in [0.2, 0.25) is 0 Å². The molecule has 1 aliphatic rings. The maximum absolute atomic E-state index is 10.2. The average molecular weight is 512 g/mol. The van der Waals surface area contributed by atoms with Gasteiger partial charge in [0, 0.05) is 0 Å². The van der Waals surface area contributed by atoms with Crippen LogP contribution in [0.25, 0.3) is 0 Å². The Bertz CT molecular complexity index is 453. The number of nitrogens with one attached hydrogen (secondary N) is 1. The largest absolute Gasteiger partial charge is 0.480 e. The number of carbonyl (C=O) groups is 1. The molecule has 12 nitrogen and oxygen atoms in total. The second-order valence-electron chi connectivity index (χ2n) is 7.55. The molecule has 0 aromatic carbocycles. The van der Waals surface area contributed by atoms with Crippen molar-refractivity contribution >= 4 is 5.97 Å². The van der Waals surface area contributed by atoms with Crippen LogP contribution >= 0.6 is 0 Å². The van der Waals surface area contributed by atoms with Gasteiger partial charge in [-0.3, -0.25) is 0 Å². The second kappa shape index (κ2) is 26.1. The van der Waals surface area contributed by atoms with E-state index in [4.69, 9.17) is 47.7 Å². The molecule has 0 aromatic heterocycles. The van der Waals surface area contributed by atoms with E-state index in [1.165, 1.54) is 0 Å². The third kappa shape index (κ3) is 24.5. The van der Waals surface area contributed by atoms with Crippen molar-refractivity contribution in [3.05, 3.63) is 0 Å². The topological polar surface area (TPSA) is 132 Å². The molecule has 0 spiro atoms. The summed E-state index contributed by atoms with van der Waals surface area (Å²) in [7, 11) is 0. The molecule has 0 amide bonds. The van der Waals surface area contributed by atoms with Crippen molar-refractivity contribution in [3.63, 3.8) is 0 Å². The van der Waals surface area contributed by atoms with Crippen molar-refractivity contribution in [1.82, 2.24) is 5.32 Å². The van der Waals surface area contributed by atoms with Crippen molar-refractivity contribution in [1.29, 1.82) is 0 Å². The predicted molar refractivity (Wildman–Crippen MR) is 126 cm³/mol. The molecule has 12 heteroatoms. The number of piperidine rings is 1. The predicted octanol–water partition coefficient (Wildman–Crippen LogP) is -0.0276. The summed E-state index contributed by atoms with van der Waals surface area (Å²) in [5.74, 6) is -0.990. The lowest BCUT2D eigenvalue weighted by molar-refractivity contribution is -0.142. The lowest BCUT2D eigenvalue weighted by Gasteiger charge is -2.22. The molecule has 0 radical (unpaired) electrons. The number of hydrogen-bond donors (Lipinski definition) is 2. The Kier molecular flexibility index (Phi) is 24.0. The van der Waals surface area contributed by atoms with Gasteiger partial charge in [-0.15, -0.1) is 0 Å². The highest BCUT2D eigenvalue weighted by atomic mass is 16.6. The molecule has 2 N–H and O–H groups in total. The van der Waals surface area contributed by atoms with Crippen LogP contribution in [0.5, 0.6) is 0 Å². The number of carboxylic acid groups (broad SMARTS) is 1. The van der Waals surface area contributed by atoms with Crippen LogP contribution in [0.4, 0.5) is 0 Å². The van der Waals surface area contributed by atoms with Crippen LogP contribution in [0.3, 0.4) is 0 Å². The zero-order chi connectivity index (χ0) is 25.1. The van der Waals surface area contributed by atoms with E-state index < -0.39 is 5.97 Å². The van der Waals surface area contributed by atoms with Crippen LogP contribution in [0, 0.1) is 0 Å². The standard InChI is InChI=1S/C23H45NO11/c25-23(26)21-34-18-17-32-14-13-30-10-9-28-6-5-27-7-8-29-11-12-31-15-16-33-19-20-35-22-1-3-24-4-2-22/h22,24H,1-21H2,(H,25,26). The zero-order valence-electron chi connectivity index (χ0n) is 21.0. The minimum Gasteiger partial charge on any atom is -0.480 e. The van der Waals surface area contributed by atoms with E-state index in [1.54, 1.807) is 0 Å². The first kappa shape index (κ1) is 32.1. The first-order valence-electron chi connectivity index (χ1n) is 12.4. The highest BCUT2D eigenvalue weighted by Crippen LogP contribution is 2.06. The number of rotatable bonds is 27. The van der Waals surface area contributed by atoms with Crippen LogP contribution in [-0.4, -0.2) is 143 Å². The van der Waals surface area contributed by atoms with E-state index in [0.29, 0.717) is 105 Å². The van der Waals surface area contributed by atoms with Crippen LogP contribution in [0.1, 0.15) is 12.8 Å². The molecule has 0 unspecified atom stereocenters. The summed E-state index contributed by atoms with van der Waals surface area (Å²) in [4.78, 5) is 10.2. The minimum absolute atomic E-state index is 0.249. The molecule has 1 rings (SSSR count). The lowest BCUT2D eigenvalue weighted by atomic mass is 10.1. The molecule has 1 saturated heterocycles. The van der Waals surface area contributed by atoms with E-state index in [-0.39, 0.29) is 13.2 Å².